The zero-order chi connectivity index (χ0) is 13.9. The lowest BCUT2D eigenvalue weighted by atomic mass is 9.70. The van der Waals surface area contributed by atoms with E-state index in [1.54, 1.807) is 0 Å². The number of hydrogen-bond donors (Lipinski definition) is 1. The Kier molecular flexibility index (Phi) is 5.30. The highest BCUT2D eigenvalue weighted by Gasteiger charge is 2.37. The van der Waals surface area contributed by atoms with E-state index in [0.29, 0.717) is 6.61 Å². The predicted molar refractivity (Wildman–Crippen MR) is 81.2 cm³/mol. The van der Waals surface area contributed by atoms with Crippen molar-refractivity contribution < 1.29 is 5.11 Å². The Bertz CT molecular complexity index is 280. The van der Waals surface area contributed by atoms with E-state index in [2.05, 4.69) is 25.8 Å². The molecule has 2 aliphatic rings. The highest BCUT2D eigenvalue weighted by molar-refractivity contribution is 4.90. The summed E-state index contributed by atoms with van der Waals surface area (Å²) in [6.45, 7) is 6.24. The van der Waals surface area contributed by atoms with Crippen LogP contribution < -0.4 is 0 Å². The lowest BCUT2D eigenvalue weighted by Crippen LogP contribution is -2.47. The summed E-state index contributed by atoms with van der Waals surface area (Å²) in [7, 11) is 2.29. The molecule has 0 spiro atoms. The van der Waals surface area contributed by atoms with Gasteiger partial charge in [0.2, 0.25) is 0 Å². The molecule has 4 atom stereocenters. The first-order valence-corrected chi connectivity index (χ1v) is 8.37. The molecule has 2 nitrogen and oxygen atoms in total. The molecule has 2 saturated carbocycles. The third-order valence-electron chi connectivity index (χ3n) is 5.74. The molecule has 2 fully saturated rings. The fraction of sp³-hybridized carbons (Fsp3) is 1.00. The average Bonchev–Trinajstić information content (AvgIpc) is 2.39. The van der Waals surface area contributed by atoms with E-state index >= 15 is 0 Å². The van der Waals surface area contributed by atoms with Crippen molar-refractivity contribution in [3.05, 3.63) is 0 Å². The third-order valence-corrected chi connectivity index (χ3v) is 5.74. The van der Waals surface area contributed by atoms with Gasteiger partial charge in [-0.3, -0.25) is 0 Å². The molecule has 0 heterocycles. The van der Waals surface area contributed by atoms with E-state index in [1.807, 2.05) is 0 Å². The van der Waals surface area contributed by atoms with Gasteiger partial charge in [0.15, 0.2) is 0 Å². The van der Waals surface area contributed by atoms with Crippen LogP contribution in [-0.2, 0) is 0 Å². The quantitative estimate of drug-likeness (QED) is 0.840. The fourth-order valence-electron chi connectivity index (χ4n) is 4.70. The minimum atomic E-state index is 0.184. The van der Waals surface area contributed by atoms with Crippen molar-refractivity contribution >= 4 is 0 Å². The molecule has 0 aromatic heterocycles. The van der Waals surface area contributed by atoms with Crippen LogP contribution in [0.5, 0.6) is 0 Å². The third kappa shape index (κ3) is 3.72. The van der Waals surface area contributed by atoms with Crippen molar-refractivity contribution in [1.29, 1.82) is 0 Å². The molecule has 4 unspecified atom stereocenters. The van der Waals surface area contributed by atoms with Crippen molar-refractivity contribution in [2.75, 3.05) is 20.2 Å². The Morgan fingerprint density at radius 2 is 1.84 bits per heavy atom. The van der Waals surface area contributed by atoms with E-state index in [4.69, 9.17) is 0 Å². The first-order chi connectivity index (χ1) is 9.06. The normalized spacial score (nSPS) is 40.6. The maximum Gasteiger partial charge on any atom is 0.0499 e. The Labute approximate surface area is 119 Å². The highest BCUT2D eigenvalue weighted by atomic mass is 16.3. The van der Waals surface area contributed by atoms with E-state index in [-0.39, 0.29) is 5.41 Å². The summed E-state index contributed by atoms with van der Waals surface area (Å²) in [5.74, 6) is 1.62. The maximum absolute atomic E-state index is 9.95. The Balaban J connectivity index is 1.96. The molecule has 2 aliphatic carbocycles. The van der Waals surface area contributed by atoms with Crippen molar-refractivity contribution in [3.8, 4) is 0 Å². The summed E-state index contributed by atoms with van der Waals surface area (Å²) < 4.78 is 0. The molecule has 2 rings (SSSR count). The van der Waals surface area contributed by atoms with Crippen LogP contribution in [0.3, 0.4) is 0 Å². The largest absolute Gasteiger partial charge is 0.396 e. The molecular formula is C17H33NO. The molecular weight excluding hydrogens is 234 g/mol. The van der Waals surface area contributed by atoms with Gasteiger partial charge in [0.1, 0.15) is 0 Å². The SMILES string of the molecule is CC1CCCC(CO)(CN(C)C2CCCCC2C)C1. The van der Waals surface area contributed by atoms with Gasteiger partial charge in [-0.15, -0.1) is 0 Å². The lowest BCUT2D eigenvalue weighted by Gasteiger charge is -2.45. The summed E-state index contributed by atoms with van der Waals surface area (Å²) in [5, 5.41) is 9.95. The molecule has 0 aromatic carbocycles. The second kappa shape index (κ2) is 6.58. The molecule has 0 aliphatic heterocycles. The summed E-state index contributed by atoms with van der Waals surface area (Å²) in [4.78, 5) is 2.58. The van der Waals surface area contributed by atoms with Crippen molar-refractivity contribution in [2.24, 2.45) is 17.3 Å². The fourth-order valence-corrected chi connectivity index (χ4v) is 4.70. The molecule has 2 heteroatoms. The molecule has 0 amide bonds. The first-order valence-electron chi connectivity index (χ1n) is 8.37. The Morgan fingerprint density at radius 3 is 2.47 bits per heavy atom. The number of rotatable bonds is 4. The summed E-state index contributed by atoms with van der Waals surface area (Å²) in [6.07, 6.45) is 10.6. The zero-order valence-electron chi connectivity index (χ0n) is 13.2. The molecule has 19 heavy (non-hydrogen) atoms. The van der Waals surface area contributed by atoms with Gasteiger partial charge in [-0.1, -0.05) is 39.5 Å². The van der Waals surface area contributed by atoms with Crippen LogP contribution in [0.1, 0.15) is 65.2 Å². The van der Waals surface area contributed by atoms with Gasteiger partial charge >= 0.3 is 0 Å². The van der Waals surface area contributed by atoms with Crippen LogP contribution in [0, 0.1) is 17.3 Å². The van der Waals surface area contributed by atoms with Crippen molar-refractivity contribution in [1.82, 2.24) is 4.90 Å². The topological polar surface area (TPSA) is 23.5 Å². The number of nitrogens with zero attached hydrogens (tertiary/aromatic N) is 1. The average molecular weight is 267 g/mol. The van der Waals surface area contributed by atoms with Gasteiger partial charge in [-0.2, -0.15) is 0 Å². The summed E-state index contributed by atoms with van der Waals surface area (Å²) >= 11 is 0. The maximum atomic E-state index is 9.95. The van der Waals surface area contributed by atoms with Crippen molar-refractivity contribution in [2.45, 2.75) is 71.3 Å². The van der Waals surface area contributed by atoms with E-state index in [0.717, 1.165) is 24.4 Å². The second-order valence-corrected chi connectivity index (χ2v) is 7.60. The van der Waals surface area contributed by atoms with Crippen molar-refractivity contribution in [3.63, 3.8) is 0 Å². The van der Waals surface area contributed by atoms with Crippen LogP contribution >= 0.6 is 0 Å². The molecule has 1 N–H and O–H groups in total. The standard InChI is InChI=1S/C17H33NO/c1-14-7-6-10-17(11-14,13-19)12-18(3)16-9-5-4-8-15(16)2/h14-16,19H,4-13H2,1-3H3. The predicted octanol–water partition coefficient (Wildman–Crippen LogP) is 3.69. The van der Waals surface area contributed by atoms with E-state index in [9.17, 15) is 5.11 Å². The van der Waals surface area contributed by atoms with Gasteiger partial charge < -0.3 is 10.0 Å². The molecule has 112 valence electrons. The first kappa shape index (κ1) is 15.3. The van der Waals surface area contributed by atoms with Gasteiger partial charge in [-0.05, 0) is 44.6 Å². The second-order valence-electron chi connectivity index (χ2n) is 7.60. The van der Waals surface area contributed by atoms with E-state index in [1.165, 1.54) is 51.4 Å². The number of aliphatic hydroxyl groups excluding tert-OH is 1. The molecule has 0 radical (unpaired) electrons. The van der Waals surface area contributed by atoms with Crippen LogP contribution in [-0.4, -0.2) is 36.2 Å². The number of hydrogen-bond acceptors (Lipinski definition) is 2. The van der Waals surface area contributed by atoms with Crippen LogP contribution in [0.4, 0.5) is 0 Å². The molecule has 0 aromatic rings. The van der Waals surface area contributed by atoms with Gasteiger partial charge in [0.25, 0.3) is 0 Å². The lowest BCUT2D eigenvalue weighted by molar-refractivity contribution is 0.00613. The summed E-state index contributed by atoms with van der Waals surface area (Å²) in [5.41, 5.74) is 0.184. The van der Waals surface area contributed by atoms with E-state index < -0.39 is 0 Å². The molecule has 0 bridgehead atoms. The Hall–Kier alpha value is -0.0800. The molecule has 0 saturated heterocycles. The number of aliphatic hydroxyl groups is 1. The van der Waals surface area contributed by atoms with Crippen LogP contribution in [0.25, 0.3) is 0 Å². The highest BCUT2D eigenvalue weighted by Crippen LogP contribution is 2.40. The minimum absolute atomic E-state index is 0.184. The smallest absolute Gasteiger partial charge is 0.0499 e. The van der Waals surface area contributed by atoms with Gasteiger partial charge in [0, 0.05) is 24.6 Å². The monoisotopic (exact) mass is 267 g/mol. The van der Waals surface area contributed by atoms with Crippen LogP contribution in [0.15, 0.2) is 0 Å². The van der Waals surface area contributed by atoms with Gasteiger partial charge in [-0.25, -0.2) is 0 Å². The summed E-state index contributed by atoms with van der Waals surface area (Å²) in [6, 6.07) is 0.745. The van der Waals surface area contributed by atoms with Gasteiger partial charge in [0.05, 0.1) is 0 Å². The Morgan fingerprint density at radius 1 is 1.11 bits per heavy atom. The minimum Gasteiger partial charge on any atom is -0.396 e. The zero-order valence-corrected chi connectivity index (χ0v) is 13.2. The van der Waals surface area contributed by atoms with Crippen LogP contribution in [0.2, 0.25) is 0 Å².